The number of aryl methyl sites for hydroxylation is 1. The van der Waals surface area contributed by atoms with Crippen LogP contribution >= 0.6 is 0 Å². The average Bonchev–Trinajstić information content (AvgIpc) is 3.06. The Hall–Kier alpha value is -2.50. The molecule has 0 fully saturated rings. The third-order valence-corrected chi connectivity index (χ3v) is 4.84. The Morgan fingerprint density at radius 1 is 1.22 bits per heavy atom. The third-order valence-electron chi connectivity index (χ3n) is 4.84. The lowest BCUT2D eigenvalue weighted by molar-refractivity contribution is -0.131. The molecule has 148 valence electrons. The molecule has 0 unspecified atom stereocenters. The van der Waals surface area contributed by atoms with E-state index in [0.717, 1.165) is 32.0 Å². The molecule has 2 rings (SSSR count). The van der Waals surface area contributed by atoms with Gasteiger partial charge in [-0.05, 0) is 45.2 Å². The zero-order chi connectivity index (χ0) is 19.8. The van der Waals surface area contributed by atoms with Gasteiger partial charge in [-0.2, -0.15) is 0 Å². The number of fused-ring (bicyclic) bond motifs is 1. The van der Waals surface area contributed by atoms with Crippen molar-refractivity contribution in [1.29, 1.82) is 0 Å². The monoisotopic (exact) mass is 371 g/mol. The van der Waals surface area contributed by atoms with Crippen molar-refractivity contribution in [1.82, 2.24) is 20.1 Å². The SMILES string of the molecule is CCNC(=NCCc1c[nH]c2c(C)cccc12)N(C)CC(=O)N(CC)CC. The lowest BCUT2D eigenvalue weighted by Crippen LogP contribution is -2.45. The predicted molar refractivity (Wildman–Crippen MR) is 113 cm³/mol. The van der Waals surface area contributed by atoms with Crippen LogP contribution in [-0.2, 0) is 11.2 Å². The summed E-state index contributed by atoms with van der Waals surface area (Å²) in [6, 6.07) is 6.36. The molecular formula is C21H33N5O. The number of H-pyrrole nitrogens is 1. The van der Waals surface area contributed by atoms with Gasteiger partial charge in [0.25, 0.3) is 0 Å². The summed E-state index contributed by atoms with van der Waals surface area (Å²) in [5.74, 6) is 0.897. The number of aliphatic imine (C=N–C) groups is 1. The smallest absolute Gasteiger partial charge is 0.242 e. The molecule has 27 heavy (non-hydrogen) atoms. The van der Waals surface area contributed by atoms with E-state index in [4.69, 9.17) is 4.99 Å². The fraction of sp³-hybridized carbons (Fsp3) is 0.524. The number of aromatic amines is 1. The molecule has 0 bridgehead atoms. The minimum atomic E-state index is 0.125. The number of benzene rings is 1. The average molecular weight is 372 g/mol. The molecule has 1 aromatic heterocycles. The van der Waals surface area contributed by atoms with Gasteiger partial charge >= 0.3 is 0 Å². The zero-order valence-electron chi connectivity index (χ0n) is 17.3. The Bertz CT molecular complexity index is 776. The lowest BCUT2D eigenvalue weighted by Gasteiger charge is -2.25. The van der Waals surface area contributed by atoms with E-state index in [1.807, 2.05) is 37.6 Å². The fourth-order valence-corrected chi connectivity index (χ4v) is 3.28. The van der Waals surface area contributed by atoms with Crippen molar-refractivity contribution in [3.8, 4) is 0 Å². The van der Waals surface area contributed by atoms with Crippen LogP contribution in [0.5, 0.6) is 0 Å². The number of hydrogen-bond donors (Lipinski definition) is 2. The van der Waals surface area contributed by atoms with Crippen molar-refractivity contribution in [2.45, 2.75) is 34.1 Å². The van der Waals surface area contributed by atoms with Gasteiger partial charge in [0.15, 0.2) is 5.96 Å². The molecule has 1 heterocycles. The number of carbonyl (C=O) groups excluding carboxylic acids is 1. The first kappa shape index (κ1) is 20.8. The summed E-state index contributed by atoms with van der Waals surface area (Å²) in [7, 11) is 1.91. The molecule has 2 N–H and O–H groups in total. The standard InChI is InChI=1S/C21H33N5O/c1-6-22-21(25(5)15-19(27)26(7-2)8-3)23-13-12-17-14-24-20-16(4)10-9-11-18(17)20/h9-11,14,24H,6-8,12-13,15H2,1-5H3,(H,22,23). The highest BCUT2D eigenvalue weighted by Crippen LogP contribution is 2.21. The summed E-state index contributed by atoms with van der Waals surface area (Å²) in [4.78, 5) is 24.2. The van der Waals surface area contributed by atoms with Crippen LogP contribution in [0.3, 0.4) is 0 Å². The van der Waals surface area contributed by atoms with Gasteiger partial charge in [0.05, 0.1) is 6.54 Å². The highest BCUT2D eigenvalue weighted by atomic mass is 16.2. The molecule has 0 saturated heterocycles. The van der Waals surface area contributed by atoms with E-state index >= 15 is 0 Å². The molecule has 0 atom stereocenters. The van der Waals surface area contributed by atoms with Crippen molar-refractivity contribution in [3.63, 3.8) is 0 Å². The number of nitrogens with zero attached hydrogens (tertiary/aromatic N) is 3. The van der Waals surface area contributed by atoms with Crippen molar-refractivity contribution < 1.29 is 4.79 Å². The summed E-state index contributed by atoms with van der Waals surface area (Å²) in [5, 5.41) is 4.55. The molecule has 0 radical (unpaired) electrons. The summed E-state index contributed by atoms with van der Waals surface area (Å²) in [6.07, 6.45) is 2.93. The molecule has 0 aliphatic rings. The quantitative estimate of drug-likeness (QED) is 0.554. The molecule has 2 aromatic rings. The van der Waals surface area contributed by atoms with Gasteiger partial charge in [-0.1, -0.05) is 18.2 Å². The van der Waals surface area contributed by atoms with E-state index in [1.54, 1.807) is 0 Å². The second kappa shape index (κ2) is 10.00. The number of nitrogens with one attached hydrogen (secondary N) is 2. The number of likely N-dealkylation sites (N-methyl/N-ethyl adjacent to an activating group) is 2. The Morgan fingerprint density at radius 3 is 2.63 bits per heavy atom. The third kappa shape index (κ3) is 5.25. The second-order valence-electron chi connectivity index (χ2n) is 6.72. The first-order chi connectivity index (χ1) is 13.0. The van der Waals surface area contributed by atoms with E-state index in [-0.39, 0.29) is 5.91 Å². The molecule has 0 aliphatic heterocycles. The number of amides is 1. The summed E-state index contributed by atoms with van der Waals surface area (Å²) >= 11 is 0. The Balaban J connectivity index is 2.03. The van der Waals surface area contributed by atoms with E-state index in [2.05, 4.69) is 41.6 Å². The normalized spacial score (nSPS) is 11.7. The molecular weight excluding hydrogens is 338 g/mol. The molecule has 1 amide bonds. The van der Waals surface area contributed by atoms with Gasteiger partial charge in [-0.25, -0.2) is 0 Å². The summed E-state index contributed by atoms with van der Waals surface area (Å²) in [6.45, 7) is 11.4. The molecule has 0 spiro atoms. The zero-order valence-corrected chi connectivity index (χ0v) is 17.3. The largest absolute Gasteiger partial charge is 0.361 e. The van der Waals surface area contributed by atoms with Crippen molar-refractivity contribution >= 4 is 22.8 Å². The van der Waals surface area contributed by atoms with E-state index < -0.39 is 0 Å². The van der Waals surface area contributed by atoms with Crippen LogP contribution in [0.25, 0.3) is 10.9 Å². The van der Waals surface area contributed by atoms with Gasteiger partial charge < -0.3 is 20.1 Å². The minimum absolute atomic E-state index is 0.125. The Labute approximate surface area is 162 Å². The molecule has 1 aromatic carbocycles. The van der Waals surface area contributed by atoms with Crippen molar-refractivity contribution in [3.05, 3.63) is 35.5 Å². The van der Waals surface area contributed by atoms with Crippen molar-refractivity contribution in [2.75, 3.05) is 39.8 Å². The van der Waals surface area contributed by atoms with Crippen molar-refractivity contribution in [2.24, 2.45) is 4.99 Å². The van der Waals surface area contributed by atoms with Crippen LogP contribution in [-0.4, -0.2) is 66.4 Å². The molecule has 6 nitrogen and oxygen atoms in total. The minimum Gasteiger partial charge on any atom is -0.361 e. The Morgan fingerprint density at radius 2 is 1.96 bits per heavy atom. The topological polar surface area (TPSA) is 63.7 Å². The summed E-state index contributed by atoms with van der Waals surface area (Å²) < 4.78 is 0. The van der Waals surface area contributed by atoms with Gasteiger partial charge in [0.1, 0.15) is 0 Å². The summed E-state index contributed by atoms with van der Waals surface area (Å²) in [5.41, 5.74) is 3.73. The van der Waals surface area contributed by atoms with Gasteiger partial charge in [-0.15, -0.1) is 0 Å². The van der Waals surface area contributed by atoms with Gasteiger partial charge in [-0.3, -0.25) is 9.79 Å². The van der Waals surface area contributed by atoms with E-state index in [1.165, 1.54) is 22.0 Å². The van der Waals surface area contributed by atoms with Gasteiger partial charge in [0, 0.05) is 50.3 Å². The van der Waals surface area contributed by atoms with Crippen LogP contribution in [0.15, 0.2) is 29.4 Å². The van der Waals surface area contributed by atoms with E-state index in [9.17, 15) is 4.79 Å². The van der Waals surface area contributed by atoms with Crippen LogP contribution in [0.4, 0.5) is 0 Å². The number of para-hydroxylation sites is 1. The van der Waals surface area contributed by atoms with Crippen LogP contribution in [0, 0.1) is 6.92 Å². The highest BCUT2D eigenvalue weighted by Gasteiger charge is 2.15. The number of guanidine groups is 1. The first-order valence-electron chi connectivity index (χ1n) is 9.84. The molecule has 0 aliphatic carbocycles. The number of carbonyl (C=O) groups is 1. The maximum absolute atomic E-state index is 12.4. The first-order valence-corrected chi connectivity index (χ1v) is 9.84. The highest BCUT2D eigenvalue weighted by molar-refractivity contribution is 5.87. The molecule has 6 heteroatoms. The number of hydrogen-bond acceptors (Lipinski definition) is 2. The van der Waals surface area contributed by atoms with Crippen LogP contribution in [0.1, 0.15) is 31.9 Å². The van der Waals surface area contributed by atoms with Gasteiger partial charge in [0.2, 0.25) is 5.91 Å². The van der Waals surface area contributed by atoms with E-state index in [0.29, 0.717) is 13.1 Å². The maximum Gasteiger partial charge on any atom is 0.242 e. The lowest BCUT2D eigenvalue weighted by atomic mass is 10.1. The Kier molecular flexibility index (Phi) is 7.70. The maximum atomic E-state index is 12.4. The number of rotatable bonds is 8. The van der Waals surface area contributed by atoms with Crippen LogP contribution < -0.4 is 5.32 Å². The second-order valence-corrected chi connectivity index (χ2v) is 6.72. The fourth-order valence-electron chi connectivity index (χ4n) is 3.28. The van der Waals surface area contributed by atoms with Crippen LogP contribution in [0.2, 0.25) is 0 Å². The predicted octanol–water partition coefficient (Wildman–Crippen LogP) is 2.78. The number of aromatic nitrogens is 1. The molecule has 0 saturated carbocycles.